The predicted molar refractivity (Wildman–Crippen MR) is 106 cm³/mol. The number of hydrogen-bond acceptors (Lipinski definition) is 10. The topological polar surface area (TPSA) is 103 Å². The largest absolute Gasteiger partial charge is 0.497 e. The van der Waals surface area contributed by atoms with E-state index in [2.05, 4.69) is 20.6 Å². The Morgan fingerprint density at radius 3 is 1.23 bits per heavy atom. The molecule has 2 aromatic heterocycles. The Hall–Kier alpha value is -4.08. The van der Waals surface area contributed by atoms with Crippen LogP contribution in [0.2, 0.25) is 0 Å². The second kappa shape index (κ2) is 7.39. The molecule has 0 N–H and O–H groups in total. The number of fused-ring (bicyclic) bond motifs is 2. The van der Waals surface area contributed by atoms with Crippen molar-refractivity contribution in [1.29, 1.82) is 0 Å². The average molecular weight is 406 g/mol. The van der Waals surface area contributed by atoms with Gasteiger partial charge in [-0.1, -0.05) is 24.3 Å². The van der Waals surface area contributed by atoms with E-state index in [0.29, 0.717) is 36.4 Å². The van der Waals surface area contributed by atoms with Crippen LogP contribution < -0.4 is 19.3 Å². The Balaban J connectivity index is 1.47. The van der Waals surface area contributed by atoms with Gasteiger partial charge in [0.15, 0.2) is 0 Å². The fraction of sp³-hybridized carbons (Fsp3) is 0.200. The summed E-state index contributed by atoms with van der Waals surface area (Å²) in [6.45, 7) is 0.978. The highest BCUT2D eigenvalue weighted by Gasteiger charge is 2.37. The van der Waals surface area contributed by atoms with Crippen molar-refractivity contribution in [3.8, 4) is 11.5 Å². The van der Waals surface area contributed by atoms with Gasteiger partial charge in [-0.25, -0.2) is 9.26 Å². The molecule has 0 spiro atoms. The third kappa shape index (κ3) is 3.08. The first-order chi connectivity index (χ1) is 14.8. The zero-order valence-corrected chi connectivity index (χ0v) is 16.3. The van der Waals surface area contributed by atoms with Crippen molar-refractivity contribution >= 4 is 23.3 Å². The fourth-order valence-electron chi connectivity index (χ4n) is 3.37. The summed E-state index contributed by atoms with van der Waals surface area (Å²) in [6.07, 6.45) is 0. The maximum absolute atomic E-state index is 5.23. The van der Waals surface area contributed by atoms with Crippen LogP contribution in [0.3, 0.4) is 0 Å². The van der Waals surface area contributed by atoms with Crippen molar-refractivity contribution in [3.05, 3.63) is 59.7 Å². The normalized spacial score (nSPS) is 12.5. The lowest BCUT2D eigenvalue weighted by Crippen LogP contribution is -2.29. The highest BCUT2D eigenvalue weighted by molar-refractivity contribution is 5.84. The minimum atomic E-state index is 0.489. The van der Waals surface area contributed by atoms with Crippen LogP contribution in [0.25, 0.3) is 0 Å². The second-order valence-electron chi connectivity index (χ2n) is 6.69. The van der Waals surface area contributed by atoms with Crippen LogP contribution in [-0.4, -0.2) is 34.8 Å². The number of ether oxygens (including phenoxy) is 2. The Labute approximate surface area is 171 Å². The van der Waals surface area contributed by atoms with Gasteiger partial charge >= 0.3 is 0 Å². The average Bonchev–Trinajstić information content (AvgIpc) is 3.47. The molecular formula is C20H18N6O4. The van der Waals surface area contributed by atoms with Crippen molar-refractivity contribution in [2.75, 3.05) is 24.0 Å². The number of benzene rings is 2. The minimum absolute atomic E-state index is 0.489. The Kier molecular flexibility index (Phi) is 4.43. The quantitative estimate of drug-likeness (QED) is 0.473. The van der Waals surface area contributed by atoms with Crippen molar-refractivity contribution in [3.63, 3.8) is 0 Å². The molecule has 0 saturated heterocycles. The summed E-state index contributed by atoms with van der Waals surface area (Å²) in [5.41, 5.74) is 2.06. The van der Waals surface area contributed by atoms with E-state index in [4.69, 9.17) is 18.7 Å². The van der Waals surface area contributed by atoms with E-state index in [1.807, 2.05) is 58.3 Å². The number of nitrogens with zero attached hydrogens (tertiary/aromatic N) is 6. The molecule has 0 atom stereocenters. The molecule has 0 amide bonds. The van der Waals surface area contributed by atoms with Crippen molar-refractivity contribution in [1.82, 2.24) is 20.6 Å². The van der Waals surface area contributed by atoms with E-state index in [1.165, 1.54) is 0 Å². The maximum Gasteiger partial charge on any atom is 0.224 e. The molecule has 10 nitrogen and oxygen atoms in total. The number of anilines is 4. The third-order valence-corrected chi connectivity index (χ3v) is 4.93. The summed E-state index contributed by atoms with van der Waals surface area (Å²) >= 11 is 0. The second-order valence-corrected chi connectivity index (χ2v) is 6.69. The molecule has 1 aliphatic heterocycles. The summed E-state index contributed by atoms with van der Waals surface area (Å²) in [6, 6.07) is 15.5. The highest BCUT2D eigenvalue weighted by atomic mass is 16.6. The molecule has 3 heterocycles. The lowest BCUT2D eigenvalue weighted by molar-refractivity contribution is 0.302. The summed E-state index contributed by atoms with van der Waals surface area (Å²) in [4.78, 5) is 3.73. The van der Waals surface area contributed by atoms with Crippen molar-refractivity contribution in [2.24, 2.45) is 0 Å². The molecular weight excluding hydrogens is 388 g/mol. The van der Waals surface area contributed by atoms with Gasteiger partial charge in [0, 0.05) is 0 Å². The van der Waals surface area contributed by atoms with Gasteiger partial charge in [0.1, 0.15) is 11.5 Å². The summed E-state index contributed by atoms with van der Waals surface area (Å²) < 4.78 is 20.6. The van der Waals surface area contributed by atoms with Crippen LogP contribution in [0.4, 0.5) is 23.3 Å². The van der Waals surface area contributed by atoms with Crippen LogP contribution in [0.5, 0.6) is 11.5 Å². The molecule has 0 radical (unpaired) electrons. The van der Waals surface area contributed by atoms with E-state index < -0.39 is 0 Å². The number of hydrogen-bond donors (Lipinski definition) is 0. The van der Waals surface area contributed by atoms with E-state index >= 15 is 0 Å². The first-order valence-electron chi connectivity index (χ1n) is 9.23. The monoisotopic (exact) mass is 406 g/mol. The molecule has 0 fully saturated rings. The van der Waals surface area contributed by atoms with Crippen LogP contribution >= 0.6 is 0 Å². The lowest BCUT2D eigenvalue weighted by Gasteiger charge is -2.30. The van der Waals surface area contributed by atoms with Crippen molar-refractivity contribution < 1.29 is 18.7 Å². The summed E-state index contributed by atoms with van der Waals surface area (Å²) in [5, 5.41) is 16.4. The van der Waals surface area contributed by atoms with Crippen LogP contribution in [0.15, 0.2) is 57.8 Å². The Bertz CT molecular complexity index is 1010. The molecule has 0 unspecified atom stereocenters. The first kappa shape index (κ1) is 18.0. The maximum atomic E-state index is 5.23. The summed E-state index contributed by atoms with van der Waals surface area (Å²) in [5.74, 6) is 3.75. The molecule has 0 saturated carbocycles. The molecule has 4 aromatic rings. The highest BCUT2D eigenvalue weighted by Crippen LogP contribution is 2.45. The molecule has 30 heavy (non-hydrogen) atoms. The van der Waals surface area contributed by atoms with Crippen LogP contribution in [0.1, 0.15) is 11.1 Å². The van der Waals surface area contributed by atoms with Gasteiger partial charge in [0.05, 0.1) is 27.3 Å². The van der Waals surface area contributed by atoms with Crippen molar-refractivity contribution in [2.45, 2.75) is 13.1 Å². The zero-order chi connectivity index (χ0) is 20.5. The van der Waals surface area contributed by atoms with E-state index in [0.717, 1.165) is 22.6 Å². The number of methoxy groups -OCH3 is 2. The van der Waals surface area contributed by atoms with E-state index in [1.54, 1.807) is 14.2 Å². The molecule has 0 bridgehead atoms. The molecule has 152 valence electrons. The molecule has 1 aliphatic rings. The van der Waals surface area contributed by atoms with Gasteiger partial charge in [0.2, 0.25) is 23.3 Å². The van der Waals surface area contributed by atoms with Crippen LogP contribution in [0, 0.1) is 0 Å². The molecule has 2 aromatic carbocycles. The SMILES string of the molecule is COc1ccc(CN2c3nonc3N(Cc3ccc(OC)cc3)c3nonc32)cc1. The Morgan fingerprint density at radius 1 is 0.600 bits per heavy atom. The summed E-state index contributed by atoms with van der Waals surface area (Å²) in [7, 11) is 3.27. The van der Waals surface area contributed by atoms with Gasteiger partial charge in [-0.2, -0.15) is 0 Å². The van der Waals surface area contributed by atoms with Gasteiger partial charge in [-0.3, -0.25) is 9.80 Å². The van der Waals surface area contributed by atoms with Gasteiger partial charge in [-0.05, 0) is 56.0 Å². The first-order valence-corrected chi connectivity index (χ1v) is 9.23. The van der Waals surface area contributed by atoms with Crippen LogP contribution in [-0.2, 0) is 13.1 Å². The number of aromatic nitrogens is 4. The van der Waals surface area contributed by atoms with E-state index in [-0.39, 0.29) is 0 Å². The Morgan fingerprint density at radius 2 is 0.933 bits per heavy atom. The molecule has 10 heteroatoms. The molecule has 5 rings (SSSR count). The van der Waals surface area contributed by atoms with Gasteiger partial charge in [0.25, 0.3) is 0 Å². The number of rotatable bonds is 6. The third-order valence-electron chi connectivity index (χ3n) is 4.93. The van der Waals surface area contributed by atoms with Gasteiger partial charge < -0.3 is 9.47 Å². The molecule has 0 aliphatic carbocycles. The fourth-order valence-corrected chi connectivity index (χ4v) is 3.37. The standard InChI is InChI=1S/C20H18N6O4/c1-27-15-7-3-13(4-8-15)11-25-17-19(23-29-21-17)26(20-18(25)22-30-24-20)12-14-5-9-16(28-2)10-6-14/h3-10H,11-12H2,1-2H3. The minimum Gasteiger partial charge on any atom is -0.497 e. The smallest absolute Gasteiger partial charge is 0.224 e. The zero-order valence-electron chi connectivity index (χ0n) is 16.3. The predicted octanol–water partition coefficient (Wildman–Crippen LogP) is 3.46. The van der Waals surface area contributed by atoms with E-state index in [9.17, 15) is 0 Å². The lowest BCUT2D eigenvalue weighted by atomic mass is 10.1. The van der Waals surface area contributed by atoms with Gasteiger partial charge in [-0.15, -0.1) is 0 Å².